The van der Waals surface area contributed by atoms with E-state index in [1.165, 1.54) is 9.75 Å². The summed E-state index contributed by atoms with van der Waals surface area (Å²) in [5.41, 5.74) is 0. The summed E-state index contributed by atoms with van der Waals surface area (Å²) in [6.07, 6.45) is 1.90. The normalized spacial score (nSPS) is 15.2. The Hall–Kier alpha value is -0.380. The molecular weight excluding hydrogens is 206 g/mol. The Morgan fingerprint density at radius 1 is 1.47 bits per heavy atom. The Kier molecular flexibility index (Phi) is 5.29. The van der Waals surface area contributed by atoms with Gasteiger partial charge < -0.3 is 10.4 Å². The fourth-order valence-electron chi connectivity index (χ4n) is 1.68. The fourth-order valence-corrected chi connectivity index (χ4v) is 2.57. The molecule has 1 rings (SSSR count). The summed E-state index contributed by atoms with van der Waals surface area (Å²) in [5, 5.41) is 12.5. The van der Waals surface area contributed by atoms with Crippen molar-refractivity contribution < 1.29 is 5.11 Å². The van der Waals surface area contributed by atoms with E-state index in [1.807, 2.05) is 11.3 Å². The topological polar surface area (TPSA) is 32.3 Å². The van der Waals surface area contributed by atoms with E-state index in [-0.39, 0.29) is 6.61 Å². The molecule has 0 aromatic carbocycles. The highest BCUT2D eigenvalue weighted by molar-refractivity contribution is 7.12. The second-order valence-electron chi connectivity index (χ2n) is 3.95. The van der Waals surface area contributed by atoms with Crippen molar-refractivity contribution in [2.75, 3.05) is 6.61 Å². The van der Waals surface area contributed by atoms with Crippen LogP contribution in [0.2, 0.25) is 0 Å². The average molecular weight is 227 g/mol. The summed E-state index contributed by atoms with van der Waals surface area (Å²) in [7, 11) is 0. The molecule has 0 radical (unpaired) electrons. The summed E-state index contributed by atoms with van der Waals surface area (Å²) in [6, 6.07) is 5.15. The Labute approximate surface area is 96.3 Å². The molecule has 86 valence electrons. The van der Waals surface area contributed by atoms with Crippen LogP contribution in [0.1, 0.15) is 42.5 Å². The molecule has 0 bridgehead atoms. The molecule has 1 aromatic heterocycles. The maximum absolute atomic E-state index is 8.92. The fraction of sp³-hybridized carbons (Fsp3) is 0.667. The van der Waals surface area contributed by atoms with E-state index in [2.05, 4.69) is 38.2 Å². The van der Waals surface area contributed by atoms with Crippen molar-refractivity contribution in [3.05, 3.63) is 21.9 Å². The van der Waals surface area contributed by atoms with E-state index < -0.39 is 0 Å². The number of aryl methyl sites for hydroxylation is 1. The molecule has 0 saturated heterocycles. The van der Waals surface area contributed by atoms with E-state index >= 15 is 0 Å². The largest absolute Gasteiger partial charge is 0.396 e. The highest BCUT2D eigenvalue weighted by atomic mass is 32.1. The van der Waals surface area contributed by atoms with Crippen LogP contribution in [-0.2, 0) is 0 Å². The van der Waals surface area contributed by atoms with Gasteiger partial charge in [0.15, 0.2) is 0 Å². The lowest BCUT2D eigenvalue weighted by Crippen LogP contribution is -2.31. The van der Waals surface area contributed by atoms with Crippen LogP contribution >= 0.6 is 11.3 Å². The molecule has 0 aliphatic heterocycles. The molecule has 0 amide bonds. The number of hydrogen-bond acceptors (Lipinski definition) is 3. The molecule has 2 N–H and O–H groups in total. The summed E-state index contributed by atoms with van der Waals surface area (Å²) < 4.78 is 0. The molecule has 15 heavy (non-hydrogen) atoms. The number of thiophene rings is 1. The molecule has 0 saturated carbocycles. The minimum absolute atomic E-state index is 0.266. The van der Waals surface area contributed by atoms with E-state index in [9.17, 15) is 0 Å². The van der Waals surface area contributed by atoms with Crippen LogP contribution in [0.15, 0.2) is 12.1 Å². The lowest BCUT2D eigenvalue weighted by Gasteiger charge is -2.20. The minimum atomic E-state index is 0.266. The van der Waals surface area contributed by atoms with E-state index in [4.69, 9.17) is 5.11 Å². The van der Waals surface area contributed by atoms with Crippen LogP contribution < -0.4 is 5.32 Å². The van der Waals surface area contributed by atoms with Gasteiger partial charge in [-0.1, -0.05) is 6.92 Å². The lowest BCUT2D eigenvalue weighted by molar-refractivity contribution is 0.257. The van der Waals surface area contributed by atoms with Crippen LogP contribution in [0.3, 0.4) is 0 Å². The predicted octanol–water partition coefficient (Wildman–Crippen LogP) is 2.87. The van der Waals surface area contributed by atoms with Gasteiger partial charge in [0.05, 0.1) is 0 Å². The van der Waals surface area contributed by atoms with Gasteiger partial charge >= 0.3 is 0 Å². The van der Waals surface area contributed by atoms with Gasteiger partial charge in [-0.2, -0.15) is 0 Å². The Morgan fingerprint density at radius 3 is 2.67 bits per heavy atom. The van der Waals surface area contributed by atoms with Crippen molar-refractivity contribution in [3.63, 3.8) is 0 Å². The molecule has 0 aliphatic carbocycles. The van der Waals surface area contributed by atoms with E-state index in [1.54, 1.807) is 0 Å². The van der Waals surface area contributed by atoms with E-state index in [0.29, 0.717) is 12.1 Å². The Bertz CT molecular complexity index is 285. The number of aliphatic hydroxyl groups excluding tert-OH is 1. The Balaban J connectivity index is 2.50. The summed E-state index contributed by atoms with van der Waals surface area (Å²) in [5.74, 6) is 0. The Morgan fingerprint density at radius 2 is 2.20 bits per heavy atom. The van der Waals surface area contributed by atoms with Crippen molar-refractivity contribution >= 4 is 11.3 Å². The minimum Gasteiger partial charge on any atom is -0.396 e. The first-order chi connectivity index (χ1) is 7.17. The number of rotatable bonds is 6. The molecule has 3 heteroatoms. The van der Waals surface area contributed by atoms with Gasteiger partial charge in [-0.3, -0.25) is 0 Å². The van der Waals surface area contributed by atoms with Crippen LogP contribution in [0.25, 0.3) is 0 Å². The number of nitrogens with one attached hydrogen (secondary N) is 1. The van der Waals surface area contributed by atoms with Crippen LogP contribution in [0.4, 0.5) is 0 Å². The van der Waals surface area contributed by atoms with Crippen LogP contribution in [-0.4, -0.2) is 17.8 Å². The molecule has 0 spiro atoms. The third-order valence-corrected chi connectivity index (χ3v) is 3.83. The van der Waals surface area contributed by atoms with E-state index in [0.717, 1.165) is 12.8 Å². The molecular formula is C12H21NOS. The van der Waals surface area contributed by atoms with Crippen molar-refractivity contribution in [2.45, 2.75) is 45.7 Å². The maximum Gasteiger partial charge on any atom is 0.0445 e. The predicted molar refractivity (Wildman–Crippen MR) is 66.4 cm³/mol. The van der Waals surface area contributed by atoms with Crippen molar-refractivity contribution in [3.8, 4) is 0 Å². The first-order valence-corrected chi connectivity index (χ1v) is 6.42. The first kappa shape index (κ1) is 12.7. The first-order valence-electron chi connectivity index (χ1n) is 5.60. The zero-order valence-corrected chi connectivity index (χ0v) is 10.6. The quantitative estimate of drug-likeness (QED) is 0.783. The maximum atomic E-state index is 8.92. The SMILES string of the molecule is CCC(CCO)NC(C)c1ccc(C)s1. The molecule has 0 fully saturated rings. The zero-order valence-electron chi connectivity index (χ0n) is 9.79. The average Bonchev–Trinajstić information content (AvgIpc) is 2.64. The highest BCUT2D eigenvalue weighted by Gasteiger charge is 2.12. The van der Waals surface area contributed by atoms with Crippen molar-refractivity contribution in [1.29, 1.82) is 0 Å². The molecule has 2 atom stereocenters. The summed E-state index contributed by atoms with van der Waals surface area (Å²) >= 11 is 1.84. The zero-order chi connectivity index (χ0) is 11.3. The van der Waals surface area contributed by atoms with Gasteiger partial charge in [-0.15, -0.1) is 11.3 Å². The summed E-state index contributed by atoms with van der Waals surface area (Å²) in [6.45, 7) is 6.73. The van der Waals surface area contributed by atoms with Crippen molar-refractivity contribution in [2.24, 2.45) is 0 Å². The monoisotopic (exact) mass is 227 g/mol. The smallest absolute Gasteiger partial charge is 0.0445 e. The van der Waals surface area contributed by atoms with Gasteiger partial charge in [-0.25, -0.2) is 0 Å². The molecule has 2 nitrogen and oxygen atoms in total. The van der Waals surface area contributed by atoms with Gasteiger partial charge in [0.25, 0.3) is 0 Å². The van der Waals surface area contributed by atoms with Gasteiger partial charge in [-0.05, 0) is 38.8 Å². The summed E-state index contributed by atoms with van der Waals surface area (Å²) in [4.78, 5) is 2.73. The van der Waals surface area contributed by atoms with Crippen LogP contribution in [0, 0.1) is 6.92 Å². The number of hydrogen-bond donors (Lipinski definition) is 2. The van der Waals surface area contributed by atoms with Gasteiger partial charge in [0.2, 0.25) is 0 Å². The standard InChI is InChI=1S/C12H21NOS/c1-4-11(7-8-14)13-10(3)12-6-5-9(2)15-12/h5-6,10-11,13-14H,4,7-8H2,1-3H3. The van der Waals surface area contributed by atoms with Gasteiger partial charge in [0.1, 0.15) is 0 Å². The highest BCUT2D eigenvalue weighted by Crippen LogP contribution is 2.23. The second kappa shape index (κ2) is 6.26. The molecule has 0 aliphatic rings. The molecule has 1 aromatic rings. The van der Waals surface area contributed by atoms with Gasteiger partial charge in [0, 0.05) is 28.4 Å². The third-order valence-electron chi connectivity index (χ3n) is 2.64. The second-order valence-corrected chi connectivity index (χ2v) is 5.27. The molecule has 2 unspecified atom stereocenters. The molecule has 1 heterocycles. The van der Waals surface area contributed by atoms with Crippen LogP contribution in [0.5, 0.6) is 0 Å². The van der Waals surface area contributed by atoms with Crippen molar-refractivity contribution in [1.82, 2.24) is 5.32 Å². The lowest BCUT2D eigenvalue weighted by atomic mass is 10.1. The number of aliphatic hydroxyl groups is 1. The third kappa shape index (κ3) is 3.93.